The Bertz CT molecular complexity index is 3480. The topological polar surface area (TPSA) is 0 Å². The molecule has 0 unspecified atom stereocenters. The van der Waals surface area contributed by atoms with Crippen LogP contribution >= 0.6 is 11.3 Å². The van der Waals surface area contributed by atoms with Gasteiger partial charge in [0.05, 0.1) is 0 Å². The van der Waals surface area contributed by atoms with E-state index in [-0.39, 0.29) is 0 Å². The van der Waals surface area contributed by atoms with Gasteiger partial charge in [-0.05, 0) is 111 Å². The van der Waals surface area contributed by atoms with Gasteiger partial charge in [0.1, 0.15) is 0 Å². The molecule has 11 aromatic carbocycles. The van der Waals surface area contributed by atoms with Gasteiger partial charge in [-0.3, -0.25) is 0 Å². The van der Waals surface area contributed by atoms with E-state index < -0.39 is 0 Å². The minimum absolute atomic E-state index is 1.23. The van der Waals surface area contributed by atoms with E-state index in [1.807, 2.05) is 11.3 Å². The molecule has 0 amide bonds. The molecule has 0 fully saturated rings. The smallest absolute Gasteiger partial charge is 0.0440 e. The Kier molecular flexibility index (Phi) is 6.60. The van der Waals surface area contributed by atoms with Gasteiger partial charge in [-0.25, -0.2) is 0 Å². The average molecular weight is 713 g/mol. The van der Waals surface area contributed by atoms with Crippen LogP contribution in [0.5, 0.6) is 0 Å². The lowest BCUT2D eigenvalue weighted by Gasteiger charge is -2.18. The van der Waals surface area contributed by atoms with Crippen LogP contribution in [0.3, 0.4) is 0 Å². The van der Waals surface area contributed by atoms with Gasteiger partial charge in [0.2, 0.25) is 0 Å². The highest BCUT2D eigenvalue weighted by atomic mass is 32.1. The maximum Gasteiger partial charge on any atom is 0.0440 e. The lowest BCUT2D eigenvalue weighted by atomic mass is 9.85. The second-order valence-corrected chi connectivity index (χ2v) is 15.8. The highest BCUT2D eigenvalue weighted by Crippen LogP contribution is 2.47. The van der Waals surface area contributed by atoms with Crippen LogP contribution in [-0.4, -0.2) is 0 Å². The third-order valence-electron chi connectivity index (χ3n) is 11.8. The average Bonchev–Trinajstić information content (AvgIpc) is 3.66. The van der Waals surface area contributed by atoms with Gasteiger partial charge in [0, 0.05) is 25.6 Å². The molecule has 1 aromatic heterocycles. The van der Waals surface area contributed by atoms with Crippen LogP contribution < -0.4 is 0 Å². The van der Waals surface area contributed by atoms with Crippen LogP contribution in [0.25, 0.3) is 118 Å². The summed E-state index contributed by atoms with van der Waals surface area (Å²) in [4.78, 5) is 0. The molecular formula is C54H32S. The van der Waals surface area contributed by atoms with Crippen LogP contribution in [0.15, 0.2) is 194 Å². The van der Waals surface area contributed by atoms with Gasteiger partial charge >= 0.3 is 0 Å². The molecule has 12 rings (SSSR count). The van der Waals surface area contributed by atoms with Crippen LogP contribution in [-0.2, 0) is 0 Å². The largest absolute Gasteiger partial charge is 0.134 e. The van der Waals surface area contributed by atoms with Crippen molar-refractivity contribution in [3.05, 3.63) is 194 Å². The van der Waals surface area contributed by atoms with E-state index in [0.29, 0.717) is 0 Å². The Morgan fingerprint density at radius 2 is 0.727 bits per heavy atom. The number of hydrogen-bond donors (Lipinski definition) is 0. The first-order valence-corrected chi connectivity index (χ1v) is 19.8. The van der Waals surface area contributed by atoms with Crippen molar-refractivity contribution in [2.75, 3.05) is 0 Å². The molecule has 0 saturated heterocycles. The van der Waals surface area contributed by atoms with Gasteiger partial charge in [0.25, 0.3) is 0 Å². The summed E-state index contributed by atoms with van der Waals surface area (Å²) in [6.45, 7) is 0. The predicted octanol–water partition coefficient (Wildman–Crippen LogP) is 16.0. The van der Waals surface area contributed by atoms with Crippen LogP contribution in [0.4, 0.5) is 0 Å². The number of rotatable bonds is 3. The summed E-state index contributed by atoms with van der Waals surface area (Å²) < 4.78 is 2.74. The molecule has 1 heterocycles. The first-order chi connectivity index (χ1) is 27.3. The van der Waals surface area contributed by atoms with Crippen molar-refractivity contribution in [2.45, 2.75) is 0 Å². The Balaban J connectivity index is 1.02. The Labute approximate surface area is 322 Å². The molecule has 1 heteroatoms. The van der Waals surface area contributed by atoms with Gasteiger partial charge in [-0.1, -0.05) is 176 Å². The van der Waals surface area contributed by atoms with Crippen LogP contribution in [0.1, 0.15) is 0 Å². The highest BCUT2D eigenvalue weighted by molar-refractivity contribution is 7.27. The van der Waals surface area contributed by atoms with E-state index >= 15 is 0 Å². The summed E-state index contributed by atoms with van der Waals surface area (Å²) >= 11 is 1.94. The lowest BCUT2D eigenvalue weighted by Crippen LogP contribution is -1.90. The van der Waals surface area contributed by atoms with E-state index in [0.717, 1.165) is 0 Å². The fourth-order valence-electron chi connectivity index (χ4n) is 9.30. The molecule has 0 bridgehead atoms. The number of benzene rings is 11. The quantitative estimate of drug-likeness (QED) is 0.126. The lowest BCUT2D eigenvalue weighted by molar-refractivity contribution is 1.66. The van der Waals surface area contributed by atoms with Crippen LogP contribution in [0, 0.1) is 0 Å². The molecule has 12 aromatic rings. The molecule has 0 nitrogen and oxygen atoms in total. The summed E-state index contributed by atoms with van der Waals surface area (Å²) in [5.41, 5.74) is 7.55. The number of fused-ring (bicyclic) bond motifs is 13. The zero-order valence-corrected chi connectivity index (χ0v) is 30.7. The first kappa shape index (κ1) is 30.6. The van der Waals surface area contributed by atoms with Crippen molar-refractivity contribution in [3.8, 4) is 33.4 Å². The Hall–Kier alpha value is -6.80. The maximum absolute atomic E-state index is 2.42. The molecule has 0 aliphatic heterocycles. The van der Waals surface area contributed by atoms with Gasteiger partial charge in [0.15, 0.2) is 0 Å². The third-order valence-corrected chi connectivity index (χ3v) is 13.1. The third kappa shape index (κ3) is 4.57. The summed E-state index contributed by atoms with van der Waals surface area (Å²) in [7, 11) is 0. The van der Waals surface area contributed by atoms with Crippen molar-refractivity contribution in [1.29, 1.82) is 0 Å². The van der Waals surface area contributed by atoms with Gasteiger partial charge < -0.3 is 0 Å². The van der Waals surface area contributed by atoms with Gasteiger partial charge in [-0.2, -0.15) is 0 Å². The Morgan fingerprint density at radius 3 is 1.44 bits per heavy atom. The number of hydrogen-bond acceptors (Lipinski definition) is 1. The second kappa shape index (κ2) is 11.9. The summed E-state index contributed by atoms with van der Waals surface area (Å²) in [6, 6.07) is 72.0. The molecular weight excluding hydrogens is 681 g/mol. The zero-order chi connectivity index (χ0) is 36.0. The fraction of sp³-hybridized carbons (Fsp3) is 0. The fourth-order valence-corrected chi connectivity index (χ4v) is 10.7. The molecule has 0 N–H and O–H groups in total. The molecule has 0 atom stereocenters. The molecule has 55 heavy (non-hydrogen) atoms. The zero-order valence-electron chi connectivity index (χ0n) is 29.9. The monoisotopic (exact) mass is 712 g/mol. The standard InChI is InChI=1S/C54H32S/c1-2-13-34(14-3-1)50-43-18-8-10-20-45(43)51(46-21-11-9-19-44(46)50)39-25-24-35-30-36(22-23-37(35)31-39)38-27-28-47-49(32-38)41-16-6-7-17-42(41)52-48-29-26-33-12-4-5-15-40(33)53(48)55-54(47)52/h1-32H. The number of thiophene rings is 1. The van der Waals surface area contributed by atoms with E-state index in [1.54, 1.807) is 0 Å². The SMILES string of the molecule is c1ccc(-c2c3ccccc3c(-c3ccc4cc(-c5ccc6c(c5)c5ccccc5c5c7ccc8ccccc8c7sc65)ccc4c3)c3ccccc23)cc1. The summed E-state index contributed by atoms with van der Waals surface area (Å²) in [5, 5.41) is 18.2. The van der Waals surface area contributed by atoms with Crippen molar-refractivity contribution < 1.29 is 0 Å². The molecule has 0 saturated carbocycles. The van der Waals surface area contributed by atoms with Crippen molar-refractivity contribution >= 4 is 96.1 Å². The first-order valence-electron chi connectivity index (χ1n) is 19.0. The van der Waals surface area contributed by atoms with E-state index in [1.165, 1.54) is 118 Å². The summed E-state index contributed by atoms with van der Waals surface area (Å²) in [5.74, 6) is 0. The normalized spacial score (nSPS) is 12.0. The maximum atomic E-state index is 2.42. The summed E-state index contributed by atoms with van der Waals surface area (Å²) in [6.07, 6.45) is 0. The minimum Gasteiger partial charge on any atom is -0.134 e. The minimum atomic E-state index is 1.23. The molecule has 0 spiro atoms. The van der Waals surface area contributed by atoms with E-state index in [2.05, 4.69) is 194 Å². The van der Waals surface area contributed by atoms with E-state index in [9.17, 15) is 0 Å². The van der Waals surface area contributed by atoms with Crippen LogP contribution in [0.2, 0.25) is 0 Å². The molecule has 0 radical (unpaired) electrons. The van der Waals surface area contributed by atoms with E-state index in [4.69, 9.17) is 0 Å². The predicted molar refractivity (Wildman–Crippen MR) is 241 cm³/mol. The van der Waals surface area contributed by atoms with Crippen molar-refractivity contribution in [2.24, 2.45) is 0 Å². The van der Waals surface area contributed by atoms with Gasteiger partial charge in [-0.15, -0.1) is 11.3 Å². The highest BCUT2D eigenvalue weighted by Gasteiger charge is 2.18. The second-order valence-electron chi connectivity index (χ2n) is 14.8. The van der Waals surface area contributed by atoms with Crippen molar-refractivity contribution in [1.82, 2.24) is 0 Å². The van der Waals surface area contributed by atoms with Crippen molar-refractivity contribution in [3.63, 3.8) is 0 Å². The Morgan fingerprint density at radius 1 is 0.236 bits per heavy atom. The molecule has 254 valence electrons. The molecule has 0 aliphatic rings. The molecule has 0 aliphatic carbocycles.